The van der Waals surface area contributed by atoms with Gasteiger partial charge in [0.2, 0.25) is 12.1 Å². The van der Waals surface area contributed by atoms with E-state index in [4.69, 9.17) is 49.4 Å². The third kappa shape index (κ3) is 6.23. The summed E-state index contributed by atoms with van der Waals surface area (Å²) in [6.07, 6.45) is -4.06. The molecule has 2 aromatic heterocycles. The van der Waals surface area contributed by atoms with Crippen LogP contribution in [-0.2, 0) is 15.8 Å². The van der Waals surface area contributed by atoms with E-state index in [0.29, 0.717) is 76.4 Å². The Morgan fingerprint density at radius 1 is 1.15 bits per heavy atom. The summed E-state index contributed by atoms with van der Waals surface area (Å²) in [5.74, 6) is -0.487. The number of hydrogen-bond acceptors (Lipinski definition) is 8. The van der Waals surface area contributed by atoms with Gasteiger partial charge in [-0.2, -0.15) is 13.2 Å². The SMILES string of the molecule is Cc1ccc(C(F)(F)F)c(OC(C=O)N2CCC(c3nc(C4=NOC(c5c(Cl)cc(Cl)cc5Cl)C4)cs3)CC2)n1. The van der Waals surface area contributed by atoms with Gasteiger partial charge in [0.25, 0.3) is 0 Å². The standard InChI is InChI=1S/C26H22Cl3F3N4O3S/c1-13-2-3-16(26(30,31)32)24(33-13)38-22(11-37)36-6-4-14(5-7-36)25-34-20(12-40-25)19-10-21(39-35-19)23-17(28)8-15(27)9-18(23)29/h2-3,8-9,11-12,14,21-22H,4-7,10H2,1H3. The van der Waals surface area contributed by atoms with Gasteiger partial charge in [0.05, 0.1) is 20.7 Å². The highest BCUT2D eigenvalue weighted by atomic mass is 35.5. The van der Waals surface area contributed by atoms with Gasteiger partial charge < -0.3 is 9.57 Å². The van der Waals surface area contributed by atoms with Crippen molar-refractivity contribution in [1.29, 1.82) is 0 Å². The summed E-state index contributed by atoms with van der Waals surface area (Å²) >= 11 is 20.2. The molecule has 0 amide bonds. The number of rotatable bonds is 7. The first-order chi connectivity index (χ1) is 19.0. The molecule has 2 aliphatic heterocycles. The second-order valence-electron chi connectivity index (χ2n) is 9.45. The van der Waals surface area contributed by atoms with Gasteiger partial charge in [-0.05, 0) is 44.0 Å². The molecule has 14 heteroatoms. The normalized spacial score (nSPS) is 19.3. The van der Waals surface area contributed by atoms with Crippen LogP contribution in [0.2, 0.25) is 15.1 Å². The fraction of sp³-hybridized carbons (Fsp3) is 0.385. The number of carbonyl (C=O) groups excluding carboxylic acids is 1. The van der Waals surface area contributed by atoms with Crippen LogP contribution in [0.25, 0.3) is 0 Å². The van der Waals surface area contributed by atoms with Crippen molar-refractivity contribution in [3.05, 3.63) is 72.2 Å². The van der Waals surface area contributed by atoms with Gasteiger partial charge in [0.1, 0.15) is 11.3 Å². The Kier molecular flexibility index (Phi) is 8.58. The largest absolute Gasteiger partial charge is 0.451 e. The minimum atomic E-state index is -4.65. The van der Waals surface area contributed by atoms with Crippen molar-refractivity contribution in [1.82, 2.24) is 14.9 Å². The molecule has 0 saturated carbocycles. The lowest BCUT2D eigenvalue weighted by Gasteiger charge is -2.34. The number of pyridine rings is 1. The summed E-state index contributed by atoms with van der Waals surface area (Å²) in [5.41, 5.74) is 1.33. The van der Waals surface area contributed by atoms with Crippen LogP contribution in [0.4, 0.5) is 13.2 Å². The molecule has 2 atom stereocenters. The number of oxime groups is 1. The Hall–Kier alpha value is -2.44. The van der Waals surface area contributed by atoms with Crippen molar-refractivity contribution in [2.75, 3.05) is 13.1 Å². The van der Waals surface area contributed by atoms with E-state index >= 15 is 0 Å². The van der Waals surface area contributed by atoms with Crippen LogP contribution in [0.3, 0.4) is 0 Å². The Balaban J connectivity index is 1.21. The third-order valence-corrected chi connectivity index (χ3v) is 8.60. The Morgan fingerprint density at radius 2 is 1.85 bits per heavy atom. The average molecular weight is 634 g/mol. The average Bonchev–Trinajstić information content (AvgIpc) is 3.56. The number of carbonyl (C=O) groups is 1. The van der Waals surface area contributed by atoms with Crippen molar-refractivity contribution in [2.24, 2.45) is 5.16 Å². The first kappa shape index (κ1) is 29.1. The van der Waals surface area contributed by atoms with Crippen LogP contribution in [0.5, 0.6) is 5.88 Å². The fourth-order valence-corrected chi connectivity index (χ4v) is 6.75. The summed E-state index contributed by atoms with van der Waals surface area (Å²) in [6, 6.07) is 5.37. The number of hydrogen-bond donors (Lipinski definition) is 0. The molecular formula is C26H22Cl3F3N4O3S. The van der Waals surface area contributed by atoms with Gasteiger partial charge >= 0.3 is 6.18 Å². The lowest BCUT2D eigenvalue weighted by Crippen LogP contribution is -2.45. The highest BCUT2D eigenvalue weighted by Crippen LogP contribution is 2.41. The van der Waals surface area contributed by atoms with E-state index in [2.05, 4.69) is 10.1 Å². The van der Waals surface area contributed by atoms with E-state index in [0.717, 1.165) is 11.1 Å². The Morgan fingerprint density at radius 3 is 2.50 bits per heavy atom. The lowest BCUT2D eigenvalue weighted by molar-refractivity contribution is -0.142. The monoisotopic (exact) mass is 632 g/mol. The van der Waals surface area contributed by atoms with Gasteiger partial charge in [-0.1, -0.05) is 40.0 Å². The topological polar surface area (TPSA) is 76.9 Å². The maximum Gasteiger partial charge on any atom is 0.421 e. The Labute approximate surface area is 246 Å². The zero-order valence-corrected chi connectivity index (χ0v) is 24.0. The van der Waals surface area contributed by atoms with E-state index in [1.807, 2.05) is 5.38 Å². The lowest BCUT2D eigenvalue weighted by atomic mass is 9.97. The van der Waals surface area contributed by atoms with E-state index in [1.165, 1.54) is 17.4 Å². The van der Waals surface area contributed by atoms with Gasteiger partial charge in [-0.25, -0.2) is 9.97 Å². The van der Waals surface area contributed by atoms with E-state index in [9.17, 15) is 18.0 Å². The number of aryl methyl sites for hydroxylation is 1. The molecule has 0 N–H and O–H groups in total. The third-order valence-electron chi connectivity index (χ3n) is 6.74. The molecule has 4 heterocycles. The molecule has 7 nitrogen and oxygen atoms in total. The molecule has 2 unspecified atom stereocenters. The molecule has 2 aliphatic rings. The van der Waals surface area contributed by atoms with E-state index < -0.39 is 30.0 Å². The second kappa shape index (κ2) is 11.8. The number of aromatic nitrogens is 2. The highest BCUT2D eigenvalue weighted by Gasteiger charge is 2.37. The number of thiazole rings is 1. The maximum atomic E-state index is 13.4. The van der Waals surface area contributed by atoms with Crippen molar-refractivity contribution >= 4 is 58.1 Å². The van der Waals surface area contributed by atoms with Crippen molar-refractivity contribution in [3.8, 4) is 5.88 Å². The summed E-state index contributed by atoms with van der Waals surface area (Å²) in [7, 11) is 0. The zero-order chi connectivity index (χ0) is 28.6. The zero-order valence-electron chi connectivity index (χ0n) is 20.9. The first-order valence-electron chi connectivity index (χ1n) is 12.3. The molecular weight excluding hydrogens is 612 g/mol. The number of aldehydes is 1. The predicted octanol–water partition coefficient (Wildman–Crippen LogP) is 7.47. The smallest absolute Gasteiger partial charge is 0.421 e. The number of halogens is 6. The van der Waals surface area contributed by atoms with Crippen LogP contribution in [-0.4, -0.2) is 46.2 Å². The van der Waals surface area contributed by atoms with Crippen LogP contribution in [0, 0.1) is 6.92 Å². The summed E-state index contributed by atoms with van der Waals surface area (Å²) in [5, 5.41) is 8.25. The maximum absolute atomic E-state index is 13.4. The minimum absolute atomic E-state index is 0.115. The fourth-order valence-electron chi connectivity index (χ4n) is 4.69. The van der Waals surface area contributed by atoms with Gasteiger partial charge in [0.15, 0.2) is 12.4 Å². The molecule has 212 valence electrons. The summed E-state index contributed by atoms with van der Waals surface area (Å²) < 4.78 is 45.8. The molecule has 5 rings (SSSR count). The number of ether oxygens (including phenoxy) is 1. The summed E-state index contributed by atoms with van der Waals surface area (Å²) in [4.78, 5) is 27.8. The second-order valence-corrected chi connectivity index (χ2v) is 11.6. The molecule has 0 spiro atoms. The quantitative estimate of drug-likeness (QED) is 0.251. The van der Waals surface area contributed by atoms with Crippen LogP contribution in [0.1, 0.15) is 58.8 Å². The molecule has 0 bridgehead atoms. The molecule has 0 radical (unpaired) electrons. The molecule has 1 aromatic carbocycles. The van der Waals surface area contributed by atoms with Gasteiger partial charge in [0, 0.05) is 47.1 Å². The van der Waals surface area contributed by atoms with E-state index in [-0.39, 0.29) is 5.92 Å². The van der Waals surface area contributed by atoms with Crippen molar-refractivity contribution in [3.63, 3.8) is 0 Å². The van der Waals surface area contributed by atoms with Crippen LogP contribution in [0.15, 0.2) is 34.8 Å². The molecule has 3 aromatic rings. The van der Waals surface area contributed by atoms with Gasteiger partial charge in [-0.15, -0.1) is 11.3 Å². The molecule has 40 heavy (non-hydrogen) atoms. The van der Waals surface area contributed by atoms with Gasteiger partial charge in [-0.3, -0.25) is 9.69 Å². The Bertz CT molecular complexity index is 1420. The first-order valence-corrected chi connectivity index (χ1v) is 14.3. The number of likely N-dealkylation sites (tertiary alicyclic amines) is 1. The molecule has 1 saturated heterocycles. The predicted molar refractivity (Wildman–Crippen MR) is 147 cm³/mol. The van der Waals surface area contributed by atoms with Crippen LogP contribution >= 0.6 is 46.1 Å². The molecule has 0 aliphatic carbocycles. The number of nitrogens with zero attached hydrogens (tertiary/aromatic N) is 4. The van der Waals surface area contributed by atoms with Crippen molar-refractivity contribution < 1.29 is 27.5 Å². The van der Waals surface area contributed by atoms with Crippen LogP contribution < -0.4 is 4.74 Å². The number of piperidine rings is 1. The number of benzene rings is 1. The highest BCUT2D eigenvalue weighted by molar-refractivity contribution is 7.10. The minimum Gasteiger partial charge on any atom is -0.451 e. The number of alkyl halides is 3. The van der Waals surface area contributed by atoms with E-state index in [1.54, 1.807) is 24.0 Å². The molecule has 1 fully saturated rings. The summed E-state index contributed by atoms with van der Waals surface area (Å²) in [6.45, 7) is 2.44. The van der Waals surface area contributed by atoms with Crippen molar-refractivity contribution in [2.45, 2.75) is 50.6 Å².